The van der Waals surface area contributed by atoms with E-state index in [4.69, 9.17) is 5.73 Å². The molecule has 1 atom stereocenters. The Balaban J connectivity index is 0.000000956. The van der Waals surface area contributed by atoms with Crippen LogP contribution in [0.2, 0.25) is 0 Å². The second kappa shape index (κ2) is 7.60. The Kier molecular flexibility index (Phi) is 6.12. The molecule has 0 spiro atoms. The molecule has 20 heavy (non-hydrogen) atoms. The third kappa shape index (κ3) is 3.14. The van der Waals surface area contributed by atoms with Crippen LogP contribution >= 0.6 is 0 Å². The zero-order valence-corrected chi connectivity index (χ0v) is 12.6. The van der Waals surface area contributed by atoms with Crippen LogP contribution in [-0.4, -0.2) is 24.5 Å². The van der Waals surface area contributed by atoms with Crippen LogP contribution in [0.1, 0.15) is 42.6 Å². The molecule has 0 fully saturated rings. The number of para-hydroxylation sites is 1. The minimum atomic E-state index is -0.0973. The number of carbonyl (C=O) groups excluding carboxylic acids is 1. The van der Waals surface area contributed by atoms with E-state index in [-0.39, 0.29) is 11.8 Å². The molecule has 1 heterocycles. The Morgan fingerprint density at radius 1 is 1.35 bits per heavy atom. The van der Waals surface area contributed by atoms with Crippen molar-refractivity contribution in [2.75, 3.05) is 13.6 Å². The number of carbonyl (C=O) groups is 1. The molecule has 1 aromatic carbocycles. The first-order valence-electron chi connectivity index (χ1n) is 6.98. The summed E-state index contributed by atoms with van der Waals surface area (Å²) in [4.78, 5) is 16.2. The molecule has 0 saturated heterocycles. The fourth-order valence-electron chi connectivity index (χ4n) is 2.06. The minimum absolute atomic E-state index is 0.0973. The van der Waals surface area contributed by atoms with E-state index in [2.05, 4.69) is 17.2 Å². The normalized spacial score (nSPS) is 11.4. The molecule has 1 amide bonds. The van der Waals surface area contributed by atoms with Crippen molar-refractivity contribution >= 4 is 16.8 Å². The lowest BCUT2D eigenvalue weighted by molar-refractivity contribution is 0.0964. The highest BCUT2D eigenvalue weighted by Gasteiger charge is 2.13. The molecule has 0 saturated carbocycles. The quantitative estimate of drug-likeness (QED) is 0.903. The number of pyridine rings is 1. The standard InChI is InChI=1S/C14H17N3O.C2H6/c1-9(8-15)10-4-3-5-11-12(14(18)16-2)6-7-17-13(10)11;1-2/h3-7,9H,8,15H2,1-2H3,(H,16,18);1-2H3/t9-;/m1./s1. The molecule has 4 heteroatoms. The van der Waals surface area contributed by atoms with Crippen LogP contribution in [0, 0.1) is 0 Å². The first-order chi connectivity index (χ1) is 9.69. The summed E-state index contributed by atoms with van der Waals surface area (Å²) in [7, 11) is 1.63. The van der Waals surface area contributed by atoms with Gasteiger partial charge in [-0.25, -0.2) is 0 Å². The van der Waals surface area contributed by atoms with Crippen LogP contribution in [0.5, 0.6) is 0 Å². The van der Waals surface area contributed by atoms with Gasteiger partial charge in [0.2, 0.25) is 0 Å². The van der Waals surface area contributed by atoms with E-state index in [1.807, 2.05) is 32.0 Å². The zero-order valence-electron chi connectivity index (χ0n) is 12.6. The van der Waals surface area contributed by atoms with Gasteiger partial charge in [-0.1, -0.05) is 39.0 Å². The predicted molar refractivity (Wildman–Crippen MR) is 84.0 cm³/mol. The summed E-state index contributed by atoms with van der Waals surface area (Å²) >= 11 is 0. The lowest BCUT2D eigenvalue weighted by Crippen LogP contribution is -2.18. The number of hydrogen-bond acceptors (Lipinski definition) is 3. The van der Waals surface area contributed by atoms with E-state index in [1.54, 1.807) is 19.3 Å². The van der Waals surface area contributed by atoms with E-state index in [0.29, 0.717) is 12.1 Å². The van der Waals surface area contributed by atoms with E-state index < -0.39 is 0 Å². The largest absolute Gasteiger partial charge is 0.355 e. The number of hydrogen-bond donors (Lipinski definition) is 2. The van der Waals surface area contributed by atoms with Crippen LogP contribution in [0.4, 0.5) is 0 Å². The Hall–Kier alpha value is -1.94. The fourth-order valence-corrected chi connectivity index (χ4v) is 2.06. The van der Waals surface area contributed by atoms with Crippen LogP contribution in [0.15, 0.2) is 30.5 Å². The summed E-state index contributed by atoms with van der Waals surface area (Å²) in [5.41, 5.74) is 8.30. The topological polar surface area (TPSA) is 68.0 Å². The van der Waals surface area contributed by atoms with Gasteiger partial charge in [0.25, 0.3) is 5.91 Å². The van der Waals surface area contributed by atoms with Crippen molar-refractivity contribution in [2.24, 2.45) is 5.73 Å². The fraction of sp³-hybridized carbons (Fsp3) is 0.375. The molecule has 0 aliphatic heterocycles. The summed E-state index contributed by atoms with van der Waals surface area (Å²) < 4.78 is 0. The zero-order chi connectivity index (χ0) is 15.1. The monoisotopic (exact) mass is 273 g/mol. The van der Waals surface area contributed by atoms with Gasteiger partial charge in [0.05, 0.1) is 11.1 Å². The lowest BCUT2D eigenvalue weighted by Gasteiger charge is -2.13. The number of benzene rings is 1. The second-order valence-corrected chi connectivity index (χ2v) is 4.32. The molecule has 0 aliphatic rings. The molecular weight excluding hydrogens is 250 g/mol. The Labute approximate surface area is 120 Å². The van der Waals surface area contributed by atoms with Gasteiger partial charge in [-0.2, -0.15) is 0 Å². The van der Waals surface area contributed by atoms with Gasteiger partial charge in [-0.05, 0) is 24.1 Å². The van der Waals surface area contributed by atoms with Gasteiger partial charge in [-0.15, -0.1) is 0 Å². The Bertz CT molecular complexity index is 581. The van der Waals surface area contributed by atoms with Crippen LogP contribution in [0.3, 0.4) is 0 Å². The van der Waals surface area contributed by atoms with Crippen molar-refractivity contribution in [2.45, 2.75) is 26.7 Å². The average Bonchev–Trinajstić information content (AvgIpc) is 2.54. The molecule has 0 radical (unpaired) electrons. The molecular formula is C16H23N3O. The molecule has 108 valence electrons. The number of amides is 1. The first kappa shape index (κ1) is 16.1. The van der Waals surface area contributed by atoms with E-state index >= 15 is 0 Å². The van der Waals surface area contributed by atoms with Gasteiger partial charge in [-0.3, -0.25) is 9.78 Å². The van der Waals surface area contributed by atoms with E-state index in [9.17, 15) is 4.79 Å². The van der Waals surface area contributed by atoms with Gasteiger partial charge in [0.1, 0.15) is 0 Å². The van der Waals surface area contributed by atoms with Gasteiger partial charge < -0.3 is 11.1 Å². The van der Waals surface area contributed by atoms with Gasteiger partial charge in [0, 0.05) is 18.6 Å². The number of nitrogens with one attached hydrogen (secondary N) is 1. The number of nitrogens with zero attached hydrogens (tertiary/aromatic N) is 1. The van der Waals surface area contributed by atoms with Crippen LogP contribution < -0.4 is 11.1 Å². The molecule has 2 rings (SSSR count). The van der Waals surface area contributed by atoms with Crippen LogP contribution in [-0.2, 0) is 0 Å². The van der Waals surface area contributed by atoms with E-state index in [1.165, 1.54) is 0 Å². The summed E-state index contributed by atoms with van der Waals surface area (Å²) in [5.74, 6) is 0.126. The number of aromatic nitrogens is 1. The summed E-state index contributed by atoms with van der Waals surface area (Å²) in [5, 5.41) is 3.51. The third-order valence-electron chi connectivity index (χ3n) is 3.16. The SMILES string of the molecule is CC.CNC(=O)c1ccnc2c([C@H](C)CN)cccc12. The van der Waals surface area contributed by atoms with Crippen molar-refractivity contribution in [3.8, 4) is 0 Å². The van der Waals surface area contributed by atoms with E-state index in [0.717, 1.165) is 16.5 Å². The number of nitrogens with two attached hydrogens (primary N) is 1. The van der Waals surface area contributed by atoms with Crippen molar-refractivity contribution in [3.63, 3.8) is 0 Å². The van der Waals surface area contributed by atoms with Gasteiger partial charge in [0.15, 0.2) is 0 Å². The van der Waals surface area contributed by atoms with Crippen molar-refractivity contribution < 1.29 is 4.79 Å². The molecule has 0 bridgehead atoms. The molecule has 4 nitrogen and oxygen atoms in total. The number of rotatable bonds is 3. The Morgan fingerprint density at radius 3 is 2.65 bits per heavy atom. The molecule has 1 aromatic heterocycles. The number of fused-ring (bicyclic) bond motifs is 1. The second-order valence-electron chi connectivity index (χ2n) is 4.32. The third-order valence-corrected chi connectivity index (χ3v) is 3.16. The molecule has 3 N–H and O–H groups in total. The minimum Gasteiger partial charge on any atom is -0.355 e. The van der Waals surface area contributed by atoms with Crippen LogP contribution in [0.25, 0.3) is 10.9 Å². The van der Waals surface area contributed by atoms with Crippen molar-refractivity contribution in [1.82, 2.24) is 10.3 Å². The lowest BCUT2D eigenvalue weighted by atomic mass is 9.96. The predicted octanol–water partition coefficient (Wildman–Crippen LogP) is 2.68. The average molecular weight is 273 g/mol. The smallest absolute Gasteiger partial charge is 0.251 e. The maximum atomic E-state index is 11.8. The maximum Gasteiger partial charge on any atom is 0.251 e. The summed E-state index contributed by atoms with van der Waals surface area (Å²) in [6, 6.07) is 7.61. The Morgan fingerprint density at radius 2 is 2.05 bits per heavy atom. The molecule has 2 aromatic rings. The first-order valence-corrected chi connectivity index (χ1v) is 6.98. The molecule has 0 unspecified atom stereocenters. The summed E-state index contributed by atoms with van der Waals surface area (Å²) in [6.45, 7) is 6.62. The highest BCUT2D eigenvalue weighted by atomic mass is 16.1. The van der Waals surface area contributed by atoms with Gasteiger partial charge >= 0.3 is 0 Å². The highest BCUT2D eigenvalue weighted by Crippen LogP contribution is 2.25. The van der Waals surface area contributed by atoms with Crippen molar-refractivity contribution in [1.29, 1.82) is 0 Å². The molecule has 0 aliphatic carbocycles. The van der Waals surface area contributed by atoms with Crippen molar-refractivity contribution in [3.05, 3.63) is 41.6 Å². The summed E-state index contributed by atoms with van der Waals surface area (Å²) in [6.07, 6.45) is 1.67. The maximum absolute atomic E-state index is 11.8. The highest BCUT2D eigenvalue weighted by molar-refractivity contribution is 6.06.